The molecule has 2 amide bonds. The highest BCUT2D eigenvalue weighted by atomic mass is 16.2. The Labute approximate surface area is 122 Å². The molecule has 0 saturated heterocycles. The first-order chi connectivity index (χ1) is 9.08. The van der Waals surface area contributed by atoms with E-state index >= 15 is 0 Å². The molecule has 0 unspecified atom stereocenters. The monoisotopic (exact) mass is 280 g/mol. The van der Waals surface area contributed by atoms with Crippen LogP contribution in [0.1, 0.15) is 59.8 Å². The number of allylic oxidation sites excluding steroid dienone is 1. The van der Waals surface area contributed by atoms with Gasteiger partial charge in [0.2, 0.25) is 11.8 Å². The van der Waals surface area contributed by atoms with Crippen LogP contribution in [0.3, 0.4) is 0 Å². The molecule has 1 aliphatic carbocycles. The van der Waals surface area contributed by atoms with E-state index in [2.05, 4.69) is 11.9 Å². The van der Waals surface area contributed by atoms with E-state index < -0.39 is 11.3 Å². The summed E-state index contributed by atoms with van der Waals surface area (Å²) in [6.07, 6.45) is 3.84. The summed E-state index contributed by atoms with van der Waals surface area (Å²) >= 11 is 0. The van der Waals surface area contributed by atoms with Gasteiger partial charge in [-0.1, -0.05) is 18.4 Å². The van der Waals surface area contributed by atoms with Crippen molar-refractivity contribution >= 4 is 11.8 Å². The van der Waals surface area contributed by atoms with Gasteiger partial charge in [-0.3, -0.25) is 9.59 Å². The van der Waals surface area contributed by atoms with Crippen LogP contribution in [0.2, 0.25) is 0 Å². The molecule has 1 fully saturated rings. The Hall–Kier alpha value is -1.32. The summed E-state index contributed by atoms with van der Waals surface area (Å²) in [7, 11) is 0. The molecule has 20 heavy (non-hydrogen) atoms. The number of rotatable bonds is 5. The molecular formula is C16H28N2O2. The second-order valence-corrected chi connectivity index (χ2v) is 7.18. The molecule has 0 aromatic carbocycles. The second-order valence-electron chi connectivity index (χ2n) is 7.18. The number of carbonyl (C=O) groups is 2. The molecule has 0 aromatic rings. The lowest BCUT2D eigenvalue weighted by molar-refractivity contribution is -0.141. The van der Waals surface area contributed by atoms with Crippen LogP contribution in [0.5, 0.6) is 0 Å². The molecule has 114 valence electrons. The lowest BCUT2D eigenvalue weighted by Gasteiger charge is -2.36. The van der Waals surface area contributed by atoms with Crippen LogP contribution in [0.15, 0.2) is 12.2 Å². The van der Waals surface area contributed by atoms with Crippen LogP contribution in [-0.4, -0.2) is 17.4 Å². The molecule has 0 radical (unpaired) electrons. The summed E-state index contributed by atoms with van der Waals surface area (Å²) in [5.74, 6) is -0.828. The number of hydrogen-bond donors (Lipinski definition) is 2. The Morgan fingerprint density at radius 3 is 2.15 bits per heavy atom. The minimum atomic E-state index is -0.700. The van der Waals surface area contributed by atoms with Gasteiger partial charge >= 0.3 is 0 Å². The van der Waals surface area contributed by atoms with Crippen LogP contribution < -0.4 is 11.1 Å². The first-order valence-electron chi connectivity index (χ1n) is 7.35. The van der Waals surface area contributed by atoms with E-state index in [0.29, 0.717) is 19.3 Å². The summed E-state index contributed by atoms with van der Waals surface area (Å²) in [5, 5.41) is 2.99. The predicted octanol–water partition coefficient (Wildman–Crippen LogP) is 2.53. The first kappa shape index (κ1) is 16.7. The third-order valence-corrected chi connectivity index (χ3v) is 4.02. The van der Waals surface area contributed by atoms with Gasteiger partial charge in [-0.25, -0.2) is 0 Å². The molecule has 1 atom stereocenters. The lowest BCUT2D eigenvalue weighted by atomic mass is 9.70. The van der Waals surface area contributed by atoms with Crippen molar-refractivity contribution in [1.29, 1.82) is 0 Å². The van der Waals surface area contributed by atoms with Gasteiger partial charge in [-0.05, 0) is 47.0 Å². The van der Waals surface area contributed by atoms with Crippen molar-refractivity contribution in [3.63, 3.8) is 0 Å². The molecule has 0 bridgehead atoms. The zero-order valence-electron chi connectivity index (χ0n) is 13.2. The molecule has 4 heteroatoms. The Morgan fingerprint density at radius 1 is 1.30 bits per heavy atom. The number of carbonyl (C=O) groups excluding carboxylic acids is 2. The maximum absolute atomic E-state index is 12.6. The highest BCUT2D eigenvalue weighted by Crippen LogP contribution is 2.46. The zero-order valence-corrected chi connectivity index (χ0v) is 13.2. The Morgan fingerprint density at radius 2 is 1.80 bits per heavy atom. The fourth-order valence-electron chi connectivity index (χ4n) is 3.12. The average molecular weight is 280 g/mol. The van der Waals surface area contributed by atoms with Crippen LogP contribution in [0.25, 0.3) is 0 Å². The average Bonchev–Trinajstić information content (AvgIpc) is 2.72. The standard InChI is InChI=1S/C16H28N2O2/c1-11(2)10-12(13(19)18-15(3,4)5)16(14(17)20)8-6-7-9-16/h12H,1,6-10H2,2-5H3,(H2,17,20)(H,18,19)/t12-/m0/s1. The highest BCUT2D eigenvalue weighted by molar-refractivity contribution is 5.90. The maximum atomic E-state index is 12.6. The van der Waals surface area contributed by atoms with E-state index in [4.69, 9.17) is 5.73 Å². The van der Waals surface area contributed by atoms with Gasteiger partial charge in [0.25, 0.3) is 0 Å². The Balaban J connectivity index is 3.07. The zero-order chi connectivity index (χ0) is 15.6. The molecule has 0 spiro atoms. The quantitative estimate of drug-likeness (QED) is 0.760. The predicted molar refractivity (Wildman–Crippen MR) is 80.9 cm³/mol. The second kappa shape index (κ2) is 5.98. The van der Waals surface area contributed by atoms with Crippen LogP contribution in [-0.2, 0) is 9.59 Å². The van der Waals surface area contributed by atoms with E-state index in [0.717, 1.165) is 18.4 Å². The van der Waals surface area contributed by atoms with E-state index in [9.17, 15) is 9.59 Å². The van der Waals surface area contributed by atoms with E-state index in [1.165, 1.54) is 0 Å². The van der Waals surface area contributed by atoms with Gasteiger partial charge in [0.15, 0.2) is 0 Å². The molecule has 1 saturated carbocycles. The highest BCUT2D eigenvalue weighted by Gasteiger charge is 2.49. The van der Waals surface area contributed by atoms with Crippen molar-refractivity contribution in [3.05, 3.63) is 12.2 Å². The normalized spacial score (nSPS) is 19.4. The number of amides is 2. The van der Waals surface area contributed by atoms with Crippen molar-refractivity contribution < 1.29 is 9.59 Å². The molecule has 0 aliphatic heterocycles. The lowest BCUT2D eigenvalue weighted by Crippen LogP contribution is -2.52. The smallest absolute Gasteiger partial charge is 0.224 e. The number of primary amides is 1. The largest absolute Gasteiger partial charge is 0.369 e. The summed E-state index contributed by atoms with van der Waals surface area (Å²) in [6.45, 7) is 11.6. The molecule has 3 N–H and O–H groups in total. The van der Waals surface area contributed by atoms with Gasteiger partial charge in [0.05, 0.1) is 11.3 Å². The summed E-state index contributed by atoms with van der Waals surface area (Å²) in [6, 6.07) is 0. The van der Waals surface area contributed by atoms with E-state index in [-0.39, 0.29) is 17.4 Å². The molecule has 1 aliphatic rings. The van der Waals surface area contributed by atoms with E-state index in [1.54, 1.807) is 0 Å². The van der Waals surface area contributed by atoms with Gasteiger partial charge in [-0.2, -0.15) is 0 Å². The minimum absolute atomic E-state index is 0.0822. The molecule has 1 rings (SSSR count). The first-order valence-corrected chi connectivity index (χ1v) is 7.35. The number of hydrogen-bond acceptors (Lipinski definition) is 2. The third kappa shape index (κ3) is 3.84. The van der Waals surface area contributed by atoms with Gasteiger partial charge in [0.1, 0.15) is 0 Å². The minimum Gasteiger partial charge on any atom is -0.369 e. The number of nitrogens with one attached hydrogen (secondary N) is 1. The van der Waals surface area contributed by atoms with Crippen molar-refractivity contribution in [2.75, 3.05) is 0 Å². The van der Waals surface area contributed by atoms with Crippen LogP contribution in [0.4, 0.5) is 0 Å². The van der Waals surface area contributed by atoms with Crippen molar-refractivity contribution in [3.8, 4) is 0 Å². The van der Waals surface area contributed by atoms with Gasteiger partial charge in [0, 0.05) is 5.54 Å². The van der Waals surface area contributed by atoms with Crippen LogP contribution in [0, 0.1) is 11.3 Å². The fourth-order valence-corrected chi connectivity index (χ4v) is 3.12. The van der Waals surface area contributed by atoms with Crippen molar-refractivity contribution in [2.45, 2.75) is 65.3 Å². The van der Waals surface area contributed by atoms with Crippen LogP contribution >= 0.6 is 0 Å². The number of nitrogens with two attached hydrogens (primary N) is 1. The summed E-state index contributed by atoms with van der Waals surface area (Å²) < 4.78 is 0. The maximum Gasteiger partial charge on any atom is 0.224 e. The SMILES string of the molecule is C=C(C)C[C@@H](C(=O)NC(C)(C)C)C1(C(N)=O)CCCC1. The summed E-state index contributed by atoms with van der Waals surface area (Å²) in [4.78, 5) is 24.7. The van der Waals surface area contributed by atoms with Gasteiger partial charge < -0.3 is 11.1 Å². The molecule has 0 heterocycles. The molecular weight excluding hydrogens is 252 g/mol. The van der Waals surface area contributed by atoms with Crippen molar-refractivity contribution in [2.24, 2.45) is 17.1 Å². The summed E-state index contributed by atoms with van der Waals surface area (Å²) in [5.41, 5.74) is 5.55. The van der Waals surface area contributed by atoms with Crippen molar-refractivity contribution in [1.82, 2.24) is 5.32 Å². The molecule has 0 aromatic heterocycles. The molecule has 4 nitrogen and oxygen atoms in total. The van der Waals surface area contributed by atoms with E-state index in [1.807, 2.05) is 27.7 Å². The third-order valence-electron chi connectivity index (χ3n) is 4.02. The topological polar surface area (TPSA) is 72.2 Å². The van der Waals surface area contributed by atoms with Gasteiger partial charge in [-0.15, -0.1) is 6.58 Å². The fraction of sp³-hybridized carbons (Fsp3) is 0.750. The Kier molecular flexibility index (Phi) is 5.00. The Bertz CT molecular complexity index is 401.